The first-order valence-corrected chi connectivity index (χ1v) is 16.1. The number of carbonyl (C=O) groups excluding carboxylic acids is 2. The molecule has 0 aromatic carbocycles. The van der Waals surface area contributed by atoms with Crippen molar-refractivity contribution in [3.63, 3.8) is 0 Å². The fraction of sp³-hybridized carbons (Fsp3) is 0.818. The Kier molecular flexibility index (Phi) is 14.2. The minimum Gasteiger partial charge on any atom is -0.466 e. The maximum absolute atomic E-state index is 12.4. The van der Waals surface area contributed by atoms with Crippen molar-refractivity contribution < 1.29 is 28.9 Å². The summed E-state index contributed by atoms with van der Waals surface area (Å²) in [7, 11) is 0. The molecule has 0 aromatic rings. The second-order valence-electron chi connectivity index (χ2n) is 12.1. The van der Waals surface area contributed by atoms with E-state index in [1.54, 1.807) is 12.2 Å². The van der Waals surface area contributed by atoms with Crippen LogP contribution in [0, 0.1) is 0 Å². The molecule has 2 aliphatic heterocycles. The average Bonchev–Trinajstić information content (AvgIpc) is 3.23. The summed E-state index contributed by atoms with van der Waals surface area (Å²) in [6.07, 6.45) is 28.8. The van der Waals surface area contributed by atoms with Crippen LogP contribution in [0.5, 0.6) is 0 Å². The van der Waals surface area contributed by atoms with Gasteiger partial charge in [-0.15, -0.1) is 0 Å². The molecule has 0 aromatic heterocycles. The van der Waals surface area contributed by atoms with Crippen molar-refractivity contribution in [2.24, 2.45) is 0 Å². The second kappa shape index (κ2) is 17.3. The van der Waals surface area contributed by atoms with Gasteiger partial charge in [0.25, 0.3) is 0 Å². The van der Waals surface area contributed by atoms with E-state index in [1.807, 2.05) is 0 Å². The van der Waals surface area contributed by atoms with Gasteiger partial charge in [0.2, 0.25) is 0 Å². The summed E-state index contributed by atoms with van der Waals surface area (Å²) >= 11 is 0. The Morgan fingerprint density at radius 3 is 1.97 bits per heavy atom. The van der Waals surface area contributed by atoms with E-state index in [9.17, 15) is 14.7 Å². The highest BCUT2D eigenvalue weighted by atomic mass is 16.7. The van der Waals surface area contributed by atoms with Crippen LogP contribution in [0.2, 0.25) is 0 Å². The monoisotopic (exact) mass is 546 g/mol. The average molecular weight is 547 g/mol. The van der Waals surface area contributed by atoms with Gasteiger partial charge in [-0.3, -0.25) is 9.59 Å². The number of hydrogen-bond acceptors (Lipinski definition) is 6. The number of carbonyl (C=O) groups is 2. The number of rotatable bonds is 19. The maximum Gasteiger partial charge on any atom is 0.308 e. The molecule has 39 heavy (non-hydrogen) atoms. The van der Waals surface area contributed by atoms with E-state index in [1.165, 1.54) is 102 Å². The first-order chi connectivity index (χ1) is 18.9. The highest BCUT2D eigenvalue weighted by molar-refractivity contribution is 6.00. The van der Waals surface area contributed by atoms with Gasteiger partial charge in [0.05, 0.1) is 25.2 Å². The van der Waals surface area contributed by atoms with E-state index in [0.29, 0.717) is 32.3 Å². The zero-order chi connectivity index (χ0) is 27.8. The van der Waals surface area contributed by atoms with Crippen molar-refractivity contribution >= 4 is 11.8 Å². The smallest absolute Gasteiger partial charge is 0.308 e. The van der Waals surface area contributed by atoms with Gasteiger partial charge < -0.3 is 19.3 Å². The summed E-state index contributed by atoms with van der Waals surface area (Å²) < 4.78 is 18.0. The molecule has 0 saturated carbocycles. The zero-order valence-electron chi connectivity index (χ0n) is 24.5. The van der Waals surface area contributed by atoms with E-state index in [-0.39, 0.29) is 18.2 Å². The lowest BCUT2D eigenvalue weighted by molar-refractivity contribution is -0.291. The van der Waals surface area contributed by atoms with Crippen molar-refractivity contribution in [2.75, 3.05) is 6.61 Å². The second-order valence-corrected chi connectivity index (χ2v) is 12.1. The summed E-state index contributed by atoms with van der Waals surface area (Å²) in [5.74, 6) is -1.26. The van der Waals surface area contributed by atoms with Crippen LogP contribution < -0.4 is 0 Å². The minimum absolute atomic E-state index is 0.0558. The number of aliphatic hydroxyl groups excluding tert-OH is 1. The molecule has 1 N–H and O–H groups in total. The quantitative estimate of drug-likeness (QED) is 0.132. The molecule has 0 unspecified atom stereocenters. The zero-order valence-corrected chi connectivity index (χ0v) is 24.5. The number of allylic oxidation sites excluding steroid dienone is 2. The predicted octanol–water partition coefficient (Wildman–Crippen LogP) is 7.66. The standard InChI is InChI=1S/C33H54O6/c1-2-3-4-5-6-7-8-9-10-11-12-13-14-15-16-17-24-37-31(36)26-30-25-29(35)27-33(38-30)23-22-32(39-33)20-18-28(34)19-21-32/h18-21,29-30,35H,2-17,22-27H2,1H3/t29-,30-,33+/m1/s1. The van der Waals surface area contributed by atoms with Crippen molar-refractivity contribution in [3.8, 4) is 0 Å². The van der Waals surface area contributed by atoms with Gasteiger partial charge in [-0.2, -0.15) is 0 Å². The highest BCUT2D eigenvalue weighted by Crippen LogP contribution is 2.47. The number of esters is 1. The third-order valence-corrected chi connectivity index (χ3v) is 8.45. The number of ether oxygens (including phenoxy) is 3. The van der Waals surface area contributed by atoms with Crippen molar-refractivity contribution in [3.05, 3.63) is 24.3 Å². The van der Waals surface area contributed by atoms with Crippen molar-refractivity contribution in [1.29, 1.82) is 0 Å². The molecular weight excluding hydrogens is 492 g/mol. The lowest BCUT2D eigenvalue weighted by atomic mass is 9.92. The SMILES string of the molecule is CCCCCCCCCCCCCCCCCCOC(=O)C[C@H]1C[C@@H](O)C[C@@]2(CCC3(C=CC(=O)C=C3)O2)O1. The van der Waals surface area contributed by atoms with Crippen molar-refractivity contribution in [2.45, 2.75) is 165 Å². The fourth-order valence-electron chi connectivity index (χ4n) is 6.20. The summed E-state index contributed by atoms with van der Waals surface area (Å²) in [4.78, 5) is 23.9. The Labute approximate surface area is 236 Å². The van der Waals surface area contributed by atoms with Crippen LogP contribution in [-0.4, -0.2) is 47.1 Å². The highest BCUT2D eigenvalue weighted by Gasteiger charge is 2.52. The molecule has 6 nitrogen and oxygen atoms in total. The predicted molar refractivity (Wildman–Crippen MR) is 154 cm³/mol. The lowest BCUT2D eigenvalue weighted by Crippen LogP contribution is -2.48. The lowest BCUT2D eigenvalue weighted by Gasteiger charge is -2.41. The fourth-order valence-corrected chi connectivity index (χ4v) is 6.20. The van der Waals surface area contributed by atoms with Crippen LogP contribution in [0.15, 0.2) is 24.3 Å². The molecule has 6 heteroatoms. The summed E-state index contributed by atoms with van der Waals surface area (Å²) in [5.41, 5.74) is -0.663. The number of hydrogen-bond donors (Lipinski definition) is 1. The molecular formula is C33H54O6. The summed E-state index contributed by atoms with van der Waals surface area (Å²) in [6.45, 7) is 2.72. The Hall–Kier alpha value is -1.50. The van der Waals surface area contributed by atoms with E-state index in [2.05, 4.69) is 6.92 Å². The maximum atomic E-state index is 12.4. The van der Waals surface area contributed by atoms with Gasteiger partial charge in [-0.05, 0) is 37.1 Å². The molecule has 2 heterocycles. The molecule has 0 bridgehead atoms. The first kappa shape index (κ1) is 32.0. The van der Waals surface area contributed by atoms with Crippen LogP contribution in [0.4, 0.5) is 0 Å². The first-order valence-electron chi connectivity index (χ1n) is 16.1. The van der Waals surface area contributed by atoms with E-state index in [0.717, 1.165) is 12.8 Å². The Bertz CT molecular complexity index is 773. The van der Waals surface area contributed by atoms with Crippen LogP contribution in [0.3, 0.4) is 0 Å². The van der Waals surface area contributed by atoms with E-state index < -0.39 is 23.6 Å². The van der Waals surface area contributed by atoms with Crippen LogP contribution in [0.1, 0.15) is 142 Å². The molecule has 222 valence electrons. The van der Waals surface area contributed by atoms with Gasteiger partial charge in [0, 0.05) is 19.3 Å². The third-order valence-electron chi connectivity index (χ3n) is 8.45. The van der Waals surface area contributed by atoms with E-state index >= 15 is 0 Å². The number of ketones is 1. The van der Waals surface area contributed by atoms with Gasteiger partial charge >= 0.3 is 5.97 Å². The molecule has 3 rings (SSSR count). The minimum atomic E-state index is -0.925. The molecule has 0 radical (unpaired) electrons. The summed E-state index contributed by atoms with van der Waals surface area (Å²) in [5, 5.41) is 10.5. The van der Waals surface area contributed by atoms with Gasteiger partial charge in [0.1, 0.15) is 5.60 Å². The Morgan fingerprint density at radius 2 is 1.41 bits per heavy atom. The topological polar surface area (TPSA) is 82.1 Å². The number of aliphatic hydroxyl groups is 1. The van der Waals surface area contributed by atoms with Gasteiger partial charge in [0.15, 0.2) is 11.6 Å². The van der Waals surface area contributed by atoms with Gasteiger partial charge in [-0.25, -0.2) is 0 Å². The third kappa shape index (κ3) is 11.9. The van der Waals surface area contributed by atoms with Crippen LogP contribution in [0.25, 0.3) is 0 Å². The molecule has 2 fully saturated rings. The molecule has 2 spiro atoms. The Balaban J connectivity index is 1.16. The Morgan fingerprint density at radius 1 is 0.872 bits per heavy atom. The normalized spacial score (nSPS) is 25.6. The van der Waals surface area contributed by atoms with Crippen LogP contribution in [-0.2, 0) is 23.8 Å². The van der Waals surface area contributed by atoms with Crippen LogP contribution >= 0.6 is 0 Å². The van der Waals surface area contributed by atoms with Gasteiger partial charge in [-0.1, -0.05) is 103 Å². The van der Waals surface area contributed by atoms with E-state index in [4.69, 9.17) is 14.2 Å². The molecule has 0 amide bonds. The van der Waals surface area contributed by atoms with Crippen molar-refractivity contribution in [1.82, 2.24) is 0 Å². The molecule has 2 saturated heterocycles. The molecule has 1 aliphatic carbocycles. The molecule has 3 atom stereocenters. The largest absolute Gasteiger partial charge is 0.466 e. The molecule has 3 aliphatic rings. The number of unbranched alkanes of at least 4 members (excludes halogenated alkanes) is 15. The summed E-state index contributed by atoms with van der Waals surface area (Å²) in [6, 6.07) is 0.